The molecule has 2 saturated heterocycles. The maximum absolute atomic E-state index is 12.9. The zero-order valence-electron chi connectivity index (χ0n) is 13.9. The molecule has 2 fully saturated rings. The number of amides is 1. The number of likely N-dealkylation sites (N-methyl/N-ethyl adjacent to an activating group) is 1. The Hall–Kier alpha value is -2.33. The van der Waals surface area contributed by atoms with E-state index in [1.165, 1.54) is 5.56 Å². The molecule has 24 heavy (non-hydrogen) atoms. The Balaban J connectivity index is 1.74. The van der Waals surface area contributed by atoms with Gasteiger partial charge in [0.05, 0.1) is 11.7 Å². The summed E-state index contributed by atoms with van der Waals surface area (Å²) in [4.78, 5) is 21.1. The van der Waals surface area contributed by atoms with Gasteiger partial charge in [0, 0.05) is 20.0 Å². The van der Waals surface area contributed by atoms with Gasteiger partial charge in [-0.15, -0.1) is 0 Å². The number of anilines is 1. The smallest absolute Gasteiger partial charge is 0.257 e. The summed E-state index contributed by atoms with van der Waals surface area (Å²) in [6, 6.07) is 20.4. The molecule has 2 aliphatic heterocycles. The molecule has 0 saturated carbocycles. The zero-order valence-corrected chi connectivity index (χ0v) is 13.9. The summed E-state index contributed by atoms with van der Waals surface area (Å²) in [6.07, 6.45) is 2.45. The third-order valence-corrected chi connectivity index (χ3v) is 5.08. The minimum absolute atomic E-state index is 0.0454. The number of nitrogens with zero attached hydrogens (tertiary/aromatic N) is 2. The van der Waals surface area contributed by atoms with Gasteiger partial charge in [0.25, 0.3) is 5.91 Å². The van der Waals surface area contributed by atoms with Gasteiger partial charge in [0.2, 0.25) is 0 Å². The predicted molar refractivity (Wildman–Crippen MR) is 93.4 cm³/mol. The summed E-state index contributed by atoms with van der Waals surface area (Å²) >= 11 is 0. The molecule has 2 aliphatic rings. The maximum Gasteiger partial charge on any atom is 0.257 e. The largest absolute Gasteiger partial charge is 0.343 e. The molecule has 124 valence electrons. The SMILES string of the molecule is CN1CCC[C@]2(C[C@@H](c3ccccc3)N(c3ccccc3)O2)C1=O. The average molecular weight is 322 g/mol. The fourth-order valence-corrected chi connectivity index (χ4v) is 3.85. The first-order chi connectivity index (χ1) is 11.7. The molecular formula is C20H22N2O2. The lowest BCUT2D eigenvalue weighted by molar-refractivity contribution is -0.158. The van der Waals surface area contributed by atoms with Crippen LogP contribution in [0.25, 0.3) is 0 Å². The summed E-state index contributed by atoms with van der Waals surface area (Å²) in [7, 11) is 1.87. The van der Waals surface area contributed by atoms with Gasteiger partial charge in [0.15, 0.2) is 5.60 Å². The second kappa shape index (κ2) is 5.95. The van der Waals surface area contributed by atoms with Gasteiger partial charge in [0.1, 0.15) is 0 Å². The van der Waals surface area contributed by atoms with Crippen LogP contribution in [0, 0.1) is 0 Å². The molecule has 1 amide bonds. The molecule has 1 spiro atoms. The van der Waals surface area contributed by atoms with Crippen LogP contribution in [-0.4, -0.2) is 30.0 Å². The van der Waals surface area contributed by atoms with E-state index in [0.29, 0.717) is 6.42 Å². The monoisotopic (exact) mass is 322 g/mol. The lowest BCUT2D eigenvalue weighted by Crippen LogP contribution is -2.52. The summed E-state index contributed by atoms with van der Waals surface area (Å²) in [6.45, 7) is 0.811. The van der Waals surface area contributed by atoms with E-state index in [1.807, 2.05) is 60.6 Å². The normalized spacial score (nSPS) is 27.0. The van der Waals surface area contributed by atoms with Crippen molar-refractivity contribution >= 4 is 11.6 Å². The summed E-state index contributed by atoms with van der Waals surface area (Å²) in [5, 5.41) is 1.94. The lowest BCUT2D eigenvalue weighted by atomic mass is 9.85. The molecule has 0 bridgehead atoms. The number of rotatable bonds is 2. The topological polar surface area (TPSA) is 32.8 Å². The number of para-hydroxylation sites is 1. The fourth-order valence-electron chi connectivity index (χ4n) is 3.85. The van der Waals surface area contributed by atoms with Crippen molar-refractivity contribution in [2.45, 2.75) is 30.9 Å². The molecule has 2 aromatic rings. The first-order valence-electron chi connectivity index (χ1n) is 8.54. The van der Waals surface area contributed by atoms with Gasteiger partial charge in [-0.05, 0) is 30.5 Å². The first-order valence-corrected chi connectivity index (χ1v) is 8.54. The molecule has 0 radical (unpaired) electrons. The number of carbonyl (C=O) groups excluding carboxylic acids is 1. The zero-order chi connectivity index (χ0) is 16.6. The summed E-state index contributed by atoms with van der Waals surface area (Å²) in [5.74, 6) is 0.105. The quantitative estimate of drug-likeness (QED) is 0.847. The third-order valence-electron chi connectivity index (χ3n) is 5.08. The molecule has 4 heteroatoms. The Morgan fingerprint density at radius 1 is 1.04 bits per heavy atom. The van der Waals surface area contributed by atoms with Crippen molar-refractivity contribution < 1.29 is 9.63 Å². The van der Waals surface area contributed by atoms with Crippen LogP contribution in [-0.2, 0) is 9.63 Å². The van der Waals surface area contributed by atoms with Crippen LogP contribution in [0.4, 0.5) is 5.69 Å². The minimum Gasteiger partial charge on any atom is -0.343 e. The number of piperidine rings is 1. The van der Waals surface area contributed by atoms with Crippen molar-refractivity contribution in [1.82, 2.24) is 4.90 Å². The number of likely N-dealkylation sites (tertiary alicyclic amines) is 1. The van der Waals surface area contributed by atoms with Crippen LogP contribution >= 0.6 is 0 Å². The van der Waals surface area contributed by atoms with E-state index in [-0.39, 0.29) is 11.9 Å². The Morgan fingerprint density at radius 2 is 1.71 bits per heavy atom. The Morgan fingerprint density at radius 3 is 2.42 bits per heavy atom. The molecule has 4 nitrogen and oxygen atoms in total. The van der Waals surface area contributed by atoms with Crippen molar-refractivity contribution in [2.24, 2.45) is 0 Å². The molecular weight excluding hydrogens is 300 g/mol. The Kier molecular flexibility index (Phi) is 3.77. The van der Waals surface area contributed by atoms with Gasteiger partial charge in [-0.3, -0.25) is 9.63 Å². The molecule has 2 aromatic carbocycles. The second-order valence-corrected chi connectivity index (χ2v) is 6.71. The van der Waals surface area contributed by atoms with E-state index in [2.05, 4.69) is 12.1 Å². The number of hydroxylamine groups is 1. The van der Waals surface area contributed by atoms with Gasteiger partial charge >= 0.3 is 0 Å². The van der Waals surface area contributed by atoms with E-state index >= 15 is 0 Å². The highest BCUT2D eigenvalue weighted by molar-refractivity contribution is 5.86. The molecule has 0 aromatic heterocycles. The highest BCUT2D eigenvalue weighted by Gasteiger charge is 2.54. The number of hydrogen-bond donors (Lipinski definition) is 0. The van der Waals surface area contributed by atoms with Crippen molar-refractivity contribution in [1.29, 1.82) is 0 Å². The predicted octanol–water partition coefficient (Wildman–Crippen LogP) is 3.56. The molecule has 0 N–H and O–H groups in total. The molecule has 2 heterocycles. The van der Waals surface area contributed by atoms with Crippen LogP contribution in [0.1, 0.15) is 30.9 Å². The number of benzene rings is 2. The van der Waals surface area contributed by atoms with Crippen LogP contribution in [0.3, 0.4) is 0 Å². The first kappa shape index (κ1) is 15.2. The van der Waals surface area contributed by atoms with E-state index in [0.717, 1.165) is 25.1 Å². The van der Waals surface area contributed by atoms with Crippen molar-refractivity contribution in [3.8, 4) is 0 Å². The molecule has 0 aliphatic carbocycles. The Labute approximate surface area is 142 Å². The van der Waals surface area contributed by atoms with Crippen molar-refractivity contribution in [2.75, 3.05) is 18.7 Å². The molecule has 2 atom stereocenters. The highest BCUT2D eigenvalue weighted by atomic mass is 16.7. The van der Waals surface area contributed by atoms with E-state index in [4.69, 9.17) is 4.84 Å². The minimum atomic E-state index is -0.733. The highest BCUT2D eigenvalue weighted by Crippen LogP contribution is 2.47. The maximum atomic E-state index is 12.9. The third kappa shape index (κ3) is 2.47. The van der Waals surface area contributed by atoms with Crippen LogP contribution in [0.15, 0.2) is 60.7 Å². The summed E-state index contributed by atoms with van der Waals surface area (Å²) in [5.41, 5.74) is 1.44. The van der Waals surface area contributed by atoms with Gasteiger partial charge in [-0.1, -0.05) is 48.5 Å². The molecule has 0 unspecified atom stereocenters. The second-order valence-electron chi connectivity index (χ2n) is 6.71. The van der Waals surface area contributed by atoms with Crippen molar-refractivity contribution in [3.63, 3.8) is 0 Å². The fraction of sp³-hybridized carbons (Fsp3) is 0.350. The molecule has 4 rings (SSSR count). The number of hydrogen-bond acceptors (Lipinski definition) is 3. The van der Waals surface area contributed by atoms with E-state index in [9.17, 15) is 4.79 Å². The lowest BCUT2D eigenvalue weighted by Gasteiger charge is -2.36. The average Bonchev–Trinajstić information content (AvgIpc) is 3.02. The van der Waals surface area contributed by atoms with Crippen LogP contribution in [0.2, 0.25) is 0 Å². The van der Waals surface area contributed by atoms with Gasteiger partial charge < -0.3 is 4.90 Å². The van der Waals surface area contributed by atoms with E-state index in [1.54, 1.807) is 4.90 Å². The Bertz CT molecular complexity index is 669. The van der Waals surface area contributed by atoms with Gasteiger partial charge in [-0.2, -0.15) is 0 Å². The summed E-state index contributed by atoms with van der Waals surface area (Å²) < 4.78 is 0. The number of carbonyl (C=O) groups is 1. The van der Waals surface area contributed by atoms with E-state index < -0.39 is 5.60 Å². The van der Waals surface area contributed by atoms with Crippen molar-refractivity contribution in [3.05, 3.63) is 66.2 Å². The van der Waals surface area contributed by atoms with Gasteiger partial charge in [-0.25, -0.2) is 5.06 Å². The standard InChI is InChI=1S/C20H22N2O2/c1-21-14-8-13-20(19(21)23)15-18(16-9-4-2-5-10-16)22(24-20)17-11-6-3-7-12-17/h2-7,9-12,18H,8,13-15H2,1H3/t18-,20-/m0/s1. The van der Waals surface area contributed by atoms with Crippen LogP contribution < -0.4 is 5.06 Å². The van der Waals surface area contributed by atoms with Crippen LogP contribution in [0.5, 0.6) is 0 Å².